The minimum Gasteiger partial charge on any atom is -0.495 e. The number of hydrogen-bond donors (Lipinski definition) is 2. The van der Waals surface area contributed by atoms with E-state index in [1.54, 1.807) is 20.3 Å². The van der Waals surface area contributed by atoms with Crippen LogP contribution >= 0.6 is 23.2 Å². The summed E-state index contributed by atoms with van der Waals surface area (Å²) >= 11 is 13.1. The monoisotopic (exact) mass is 355 g/mol. The highest BCUT2D eigenvalue weighted by molar-refractivity contribution is 6.38. The van der Waals surface area contributed by atoms with Crippen molar-refractivity contribution in [2.75, 3.05) is 14.2 Å². The van der Waals surface area contributed by atoms with Gasteiger partial charge < -0.3 is 15.2 Å². The van der Waals surface area contributed by atoms with Gasteiger partial charge in [0.05, 0.1) is 30.0 Å². The van der Waals surface area contributed by atoms with Gasteiger partial charge in [-0.2, -0.15) is 5.10 Å². The number of fused-ring (bicyclic) bond motifs is 1. The van der Waals surface area contributed by atoms with E-state index in [-0.39, 0.29) is 5.92 Å². The maximum absolute atomic E-state index is 6.53. The first-order chi connectivity index (χ1) is 11.1. The summed E-state index contributed by atoms with van der Waals surface area (Å²) in [7, 11) is 3.17. The molecule has 0 saturated carbocycles. The molecule has 0 spiro atoms. The smallest absolute Gasteiger partial charge is 0.141 e. The van der Waals surface area contributed by atoms with Crippen molar-refractivity contribution < 1.29 is 9.47 Å². The quantitative estimate of drug-likeness (QED) is 0.880. The third-order valence-corrected chi connectivity index (χ3v) is 5.22. The van der Waals surface area contributed by atoms with Gasteiger partial charge >= 0.3 is 0 Å². The zero-order valence-corrected chi connectivity index (χ0v) is 14.6. The topological polar surface area (TPSA) is 73.2 Å². The van der Waals surface area contributed by atoms with Crippen LogP contribution in [-0.2, 0) is 19.4 Å². The molecule has 1 aromatic carbocycles. The van der Waals surface area contributed by atoms with E-state index in [2.05, 4.69) is 10.2 Å². The number of H-pyrrole nitrogens is 1. The Morgan fingerprint density at radius 2 is 1.91 bits per heavy atom. The van der Waals surface area contributed by atoms with Gasteiger partial charge in [-0.1, -0.05) is 23.2 Å². The van der Waals surface area contributed by atoms with Gasteiger partial charge in [-0.15, -0.1) is 0 Å². The molecule has 1 aromatic heterocycles. The molecule has 3 rings (SSSR count). The molecular weight excluding hydrogens is 337 g/mol. The number of aromatic amines is 1. The van der Waals surface area contributed by atoms with Crippen molar-refractivity contribution in [3.05, 3.63) is 38.6 Å². The van der Waals surface area contributed by atoms with Crippen molar-refractivity contribution in [3.8, 4) is 11.5 Å². The Morgan fingerprint density at radius 3 is 2.48 bits per heavy atom. The second-order valence-corrected chi connectivity index (χ2v) is 6.35. The molecule has 0 aliphatic heterocycles. The summed E-state index contributed by atoms with van der Waals surface area (Å²) in [5, 5.41) is 8.48. The molecular formula is C16H19Cl2N3O2. The molecule has 1 unspecified atom stereocenters. The van der Waals surface area contributed by atoms with E-state index < -0.39 is 0 Å². The third-order valence-electron chi connectivity index (χ3n) is 4.44. The molecule has 0 amide bonds. The first-order valence-electron chi connectivity index (χ1n) is 7.45. The zero-order valence-electron chi connectivity index (χ0n) is 13.1. The first kappa shape index (κ1) is 16.4. The standard InChI is InChI=1S/C16H19Cl2N3O2/c1-22-12-6-13(23-2)16(18)14(15(12)17)8-3-4-9-10(5-8)20-21-11(9)7-19/h6,8H,3-5,7,19H2,1-2H3,(H,20,21). The molecule has 0 radical (unpaired) electrons. The maximum atomic E-state index is 6.53. The Bertz CT molecular complexity index is 702. The number of benzene rings is 1. The molecule has 1 heterocycles. The molecule has 0 bridgehead atoms. The summed E-state index contributed by atoms with van der Waals surface area (Å²) in [6, 6.07) is 1.71. The SMILES string of the molecule is COc1cc(OC)c(Cl)c(C2CCc3c(CN)n[nH]c3C2)c1Cl. The van der Waals surface area contributed by atoms with Gasteiger partial charge in [0.1, 0.15) is 11.5 Å². The summed E-state index contributed by atoms with van der Waals surface area (Å²) < 4.78 is 10.7. The molecule has 1 aliphatic rings. The number of nitrogens with one attached hydrogen (secondary N) is 1. The van der Waals surface area contributed by atoms with E-state index in [0.717, 1.165) is 36.2 Å². The van der Waals surface area contributed by atoms with Gasteiger partial charge in [0, 0.05) is 23.9 Å². The predicted octanol–water partition coefficient (Wildman–Crippen LogP) is 3.46. The number of aromatic nitrogens is 2. The van der Waals surface area contributed by atoms with Crippen molar-refractivity contribution in [1.29, 1.82) is 0 Å². The number of nitrogens with zero attached hydrogens (tertiary/aromatic N) is 1. The average Bonchev–Trinajstić information content (AvgIpc) is 2.97. The lowest BCUT2D eigenvalue weighted by Gasteiger charge is -2.26. The first-order valence-corrected chi connectivity index (χ1v) is 8.21. The molecule has 5 nitrogen and oxygen atoms in total. The van der Waals surface area contributed by atoms with Gasteiger partial charge in [-0.05, 0) is 30.7 Å². The van der Waals surface area contributed by atoms with Crippen LogP contribution in [0.3, 0.4) is 0 Å². The third kappa shape index (κ3) is 2.77. The Morgan fingerprint density at radius 1 is 1.26 bits per heavy atom. The van der Waals surface area contributed by atoms with Crippen LogP contribution in [0, 0.1) is 0 Å². The fourth-order valence-corrected chi connectivity index (χ4v) is 4.06. The van der Waals surface area contributed by atoms with Crippen LogP contribution in [0.25, 0.3) is 0 Å². The number of methoxy groups -OCH3 is 2. The summed E-state index contributed by atoms with van der Waals surface area (Å²) in [4.78, 5) is 0. The minimum atomic E-state index is 0.178. The molecule has 2 aromatic rings. The Labute approximate surface area is 145 Å². The molecule has 0 saturated heterocycles. The van der Waals surface area contributed by atoms with Crippen molar-refractivity contribution in [3.63, 3.8) is 0 Å². The number of nitrogens with two attached hydrogens (primary N) is 1. The number of rotatable bonds is 4. The van der Waals surface area contributed by atoms with Crippen molar-refractivity contribution in [2.24, 2.45) is 5.73 Å². The van der Waals surface area contributed by atoms with E-state index in [9.17, 15) is 0 Å². The minimum absolute atomic E-state index is 0.178. The highest BCUT2D eigenvalue weighted by Gasteiger charge is 2.29. The van der Waals surface area contributed by atoms with Gasteiger partial charge in [0.2, 0.25) is 0 Å². The van der Waals surface area contributed by atoms with Gasteiger partial charge in [0.25, 0.3) is 0 Å². The number of ether oxygens (including phenoxy) is 2. The maximum Gasteiger partial charge on any atom is 0.141 e. The zero-order chi connectivity index (χ0) is 16.6. The molecule has 3 N–H and O–H groups in total. The van der Waals surface area contributed by atoms with Crippen molar-refractivity contribution in [1.82, 2.24) is 10.2 Å². The molecule has 124 valence electrons. The van der Waals surface area contributed by atoms with E-state index in [0.29, 0.717) is 28.1 Å². The summed E-state index contributed by atoms with van der Waals surface area (Å²) in [6.07, 6.45) is 2.61. The van der Waals surface area contributed by atoms with Gasteiger partial charge in [-0.25, -0.2) is 0 Å². The van der Waals surface area contributed by atoms with Crippen molar-refractivity contribution >= 4 is 23.2 Å². The predicted molar refractivity (Wildman–Crippen MR) is 90.8 cm³/mol. The summed E-state index contributed by atoms with van der Waals surface area (Å²) in [5.41, 5.74) is 9.88. The lowest BCUT2D eigenvalue weighted by Crippen LogP contribution is -2.15. The Balaban J connectivity index is 2.02. The van der Waals surface area contributed by atoms with Gasteiger partial charge in [0.15, 0.2) is 0 Å². The largest absolute Gasteiger partial charge is 0.495 e. The van der Waals surface area contributed by atoms with Gasteiger partial charge in [-0.3, -0.25) is 5.10 Å². The van der Waals surface area contributed by atoms with Crippen LogP contribution in [0.1, 0.15) is 34.9 Å². The van der Waals surface area contributed by atoms with Crippen LogP contribution in [-0.4, -0.2) is 24.4 Å². The molecule has 0 fully saturated rings. The Hall–Kier alpha value is -1.43. The molecule has 1 atom stereocenters. The lowest BCUT2D eigenvalue weighted by atomic mass is 9.82. The molecule has 7 heteroatoms. The fourth-order valence-electron chi connectivity index (χ4n) is 3.25. The van der Waals surface area contributed by atoms with Crippen LogP contribution in [0.2, 0.25) is 10.0 Å². The van der Waals surface area contributed by atoms with E-state index in [4.69, 9.17) is 38.4 Å². The van der Waals surface area contributed by atoms with Crippen LogP contribution in [0.4, 0.5) is 0 Å². The van der Waals surface area contributed by atoms with E-state index in [1.165, 1.54) is 5.56 Å². The van der Waals surface area contributed by atoms with Crippen LogP contribution in [0.5, 0.6) is 11.5 Å². The molecule has 23 heavy (non-hydrogen) atoms. The number of hydrogen-bond acceptors (Lipinski definition) is 4. The van der Waals surface area contributed by atoms with Crippen LogP contribution < -0.4 is 15.2 Å². The average molecular weight is 356 g/mol. The van der Waals surface area contributed by atoms with Crippen LogP contribution in [0.15, 0.2) is 6.07 Å². The second-order valence-electron chi connectivity index (χ2n) is 5.59. The van der Waals surface area contributed by atoms with E-state index >= 15 is 0 Å². The second kappa shape index (κ2) is 6.59. The fraction of sp³-hybridized carbons (Fsp3) is 0.438. The molecule has 1 aliphatic carbocycles. The highest BCUT2D eigenvalue weighted by atomic mass is 35.5. The summed E-state index contributed by atoms with van der Waals surface area (Å²) in [5.74, 6) is 1.32. The Kier molecular flexibility index (Phi) is 4.71. The number of halogens is 2. The normalized spacial score (nSPS) is 17.0. The van der Waals surface area contributed by atoms with E-state index in [1.807, 2.05) is 0 Å². The summed E-state index contributed by atoms with van der Waals surface area (Å²) in [6.45, 7) is 0.449. The van der Waals surface area contributed by atoms with Crippen molar-refractivity contribution in [2.45, 2.75) is 31.7 Å². The highest BCUT2D eigenvalue weighted by Crippen LogP contribution is 2.47. The lowest BCUT2D eigenvalue weighted by molar-refractivity contribution is 0.392.